The van der Waals surface area contributed by atoms with E-state index in [0.29, 0.717) is 18.7 Å². The zero-order valence-corrected chi connectivity index (χ0v) is 10.6. The molecule has 1 rings (SSSR count). The summed E-state index contributed by atoms with van der Waals surface area (Å²) in [5.74, 6) is -0.447. The van der Waals surface area contributed by atoms with Gasteiger partial charge in [0.1, 0.15) is 0 Å². The Balaban J connectivity index is 2.79. The van der Waals surface area contributed by atoms with E-state index in [1.807, 2.05) is 0 Å². The van der Waals surface area contributed by atoms with Gasteiger partial charge >= 0.3 is 0 Å². The van der Waals surface area contributed by atoms with Crippen molar-refractivity contribution in [3.8, 4) is 0 Å². The summed E-state index contributed by atoms with van der Waals surface area (Å²) in [5, 5.41) is 13.3. The third kappa shape index (κ3) is 3.68. The summed E-state index contributed by atoms with van der Waals surface area (Å²) < 4.78 is 0. The molecule has 1 amide bonds. The van der Waals surface area contributed by atoms with Crippen molar-refractivity contribution in [1.29, 1.82) is 0 Å². The summed E-state index contributed by atoms with van der Waals surface area (Å²) in [6.07, 6.45) is 0.566. The third-order valence-corrected chi connectivity index (χ3v) is 2.78. The van der Waals surface area contributed by atoms with E-state index in [4.69, 9.17) is 17.3 Å². The topological polar surface area (TPSA) is 98.3 Å². The van der Waals surface area contributed by atoms with E-state index in [2.05, 4.69) is 5.32 Å². The number of non-ortho nitro benzene ring substituents is 1. The van der Waals surface area contributed by atoms with Crippen LogP contribution in [-0.4, -0.2) is 17.4 Å². The number of nitrogens with one attached hydrogen (secondary N) is 1. The molecule has 3 N–H and O–H groups in total. The molecule has 6 nitrogen and oxygen atoms in total. The van der Waals surface area contributed by atoms with Gasteiger partial charge in [-0.05, 0) is 19.0 Å². The lowest BCUT2D eigenvalue weighted by atomic mass is 10.1. The average molecular weight is 272 g/mol. The van der Waals surface area contributed by atoms with Crippen molar-refractivity contribution in [2.45, 2.75) is 13.3 Å². The van der Waals surface area contributed by atoms with Crippen LogP contribution in [0.25, 0.3) is 0 Å². The molecule has 0 aliphatic carbocycles. The quantitative estimate of drug-likeness (QED) is 0.633. The second-order valence-electron chi connectivity index (χ2n) is 3.89. The number of halogens is 1. The Morgan fingerprint density at radius 1 is 1.61 bits per heavy atom. The van der Waals surface area contributed by atoms with Crippen LogP contribution in [0.5, 0.6) is 0 Å². The Bertz CT molecular complexity index is 465. The van der Waals surface area contributed by atoms with Crippen molar-refractivity contribution in [3.63, 3.8) is 0 Å². The van der Waals surface area contributed by atoms with Crippen molar-refractivity contribution in [3.05, 3.63) is 33.3 Å². The molecule has 0 saturated carbocycles. The number of rotatable bonds is 5. The first-order chi connectivity index (χ1) is 8.45. The second-order valence-corrected chi connectivity index (χ2v) is 4.30. The monoisotopic (exact) mass is 271 g/mol. The van der Waals surface area contributed by atoms with Gasteiger partial charge in [0.2, 0.25) is 5.91 Å². The molecule has 1 aromatic carbocycles. The molecule has 98 valence electrons. The zero-order valence-electron chi connectivity index (χ0n) is 9.85. The number of carbonyl (C=O) groups excluding carboxylic acids is 1. The number of carbonyl (C=O) groups is 1. The highest BCUT2D eigenvalue weighted by atomic mass is 35.5. The number of nitro groups is 1. The maximum atomic E-state index is 11.7. The Morgan fingerprint density at radius 2 is 2.28 bits per heavy atom. The predicted molar refractivity (Wildman–Crippen MR) is 69.6 cm³/mol. The summed E-state index contributed by atoms with van der Waals surface area (Å²) in [5.41, 5.74) is 5.60. The number of hydrogen-bond donors (Lipinski definition) is 2. The standard InChI is InChI=1S/C11H14ClN3O3/c1-7(4-5-13)11(16)14-10-3-2-8(15(17)18)6-9(10)12/h2-3,6-7H,4-5,13H2,1H3,(H,14,16). The number of nitrogens with two attached hydrogens (primary N) is 1. The fourth-order valence-corrected chi connectivity index (χ4v) is 1.58. The van der Waals surface area contributed by atoms with Crippen molar-refractivity contribution < 1.29 is 9.72 Å². The highest BCUT2D eigenvalue weighted by Crippen LogP contribution is 2.27. The highest BCUT2D eigenvalue weighted by molar-refractivity contribution is 6.34. The average Bonchev–Trinajstić information content (AvgIpc) is 2.31. The van der Waals surface area contributed by atoms with Gasteiger partial charge < -0.3 is 11.1 Å². The second kappa shape index (κ2) is 6.32. The fourth-order valence-electron chi connectivity index (χ4n) is 1.36. The van der Waals surface area contributed by atoms with E-state index in [0.717, 1.165) is 0 Å². The summed E-state index contributed by atoms with van der Waals surface area (Å²) in [4.78, 5) is 21.7. The number of hydrogen-bond acceptors (Lipinski definition) is 4. The van der Waals surface area contributed by atoms with Crippen molar-refractivity contribution in [2.24, 2.45) is 11.7 Å². The van der Waals surface area contributed by atoms with Crippen molar-refractivity contribution in [2.75, 3.05) is 11.9 Å². The number of nitro benzene ring substituents is 1. The Hall–Kier alpha value is -1.66. The van der Waals surface area contributed by atoms with Crippen LogP contribution in [0.15, 0.2) is 18.2 Å². The third-order valence-electron chi connectivity index (χ3n) is 2.47. The van der Waals surface area contributed by atoms with Gasteiger partial charge in [-0.3, -0.25) is 14.9 Å². The van der Waals surface area contributed by atoms with Crippen LogP contribution in [0.1, 0.15) is 13.3 Å². The van der Waals surface area contributed by atoms with Gasteiger partial charge in [-0.25, -0.2) is 0 Å². The highest BCUT2D eigenvalue weighted by Gasteiger charge is 2.15. The molecule has 0 spiro atoms. The molecule has 0 aromatic heterocycles. The zero-order chi connectivity index (χ0) is 13.7. The lowest BCUT2D eigenvalue weighted by molar-refractivity contribution is -0.384. The maximum absolute atomic E-state index is 11.7. The summed E-state index contributed by atoms with van der Waals surface area (Å²) >= 11 is 5.86. The molecule has 1 aromatic rings. The van der Waals surface area contributed by atoms with E-state index in [1.54, 1.807) is 6.92 Å². The van der Waals surface area contributed by atoms with Gasteiger partial charge in [0, 0.05) is 18.1 Å². The van der Waals surface area contributed by atoms with Gasteiger partial charge in [0.15, 0.2) is 0 Å². The number of amides is 1. The molecule has 0 radical (unpaired) electrons. The number of nitrogens with zero attached hydrogens (tertiary/aromatic N) is 1. The number of benzene rings is 1. The van der Waals surface area contributed by atoms with E-state index in [9.17, 15) is 14.9 Å². The van der Waals surface area contributed by atoms with Gasteiger partial charge in [0.25, 0.3) is 5.69 Å². The Labute approximate surface area is 109 Å². The first-order valence-corrected chi connectivity index (χ1v) is 5.78. The minimum atomic E-state index is -0.547. The van der Waals surface area contributed by atoms with E-state index in [-0.39, 0.29) is 22.5 Å². The SMILES string of the molecule is CC(CCN)C(=O)Nc1ccc([N+](=O)[O-])cc1Cl. The lowest BCUT2D eigenvalue weighted by Crippen LogP contribution is -2.22. The minimum Gasteiger partial charge on any atom is -0.330 e. The van der Waals surface area contributed by atoms with Crippen LogP contribution in [0.3, 0.4) is 0 Å². The Morgan fingerprint density at radius 3 is 2.78 bits per heavy atom. The Kier molecular flexibility index (Phi) is 5.06. The van der Waals surface area contributed by atoms with Crippen LogP contribution in [0.4, 0.5) is 11.4 Å². The molecule has 1 atom stereocenters. The molecule has 0 bridgehead atoms. The van der Waals surface area contributed by atoms with Gasteiger partial charge in [-0.1, -0.05) is 18.5 Å². The molecule has 0 saturated heterocycles. The van der Waals surface area contributed by atoms with Crippen LogP contribution in [-0.2, 0) is 4.79 Å². The largest absolute Gasteiger partial charge is 0.330 e. The molecule has 18 heavy (non-hydrogen) atoms. The lowest BCUT2D eigenvalue weighted by Gasteiger charge is -2.11. The molecule has 7 heteroatoms. The molecule has 0 heterocycles. The van der Waals surface area contributed by atoms with E-state index < -0.39 is 4.92 Å². The first-order valence-electron chi connectivity index (χ1n) is 5.40. The number of anilines is 1. The molecule has 0 fully saturated rings. The van der Waals surface area contributed by atoms with Gasteiger partial charge in [0.05, 0.1) is 15.6 Å². The minimum absolute atomic E-state index is 0.118. The van der Waals surface area contributed by atoms with Crippen LogP contribution in [0.2, 0.25) is 5.02 Å². The van der Waals surface area contributed by atoms with Crippen molar-refractivity contribution >= 4 is 28.9 Å². The van der Waals surface area contributed by atoms with Crippen LogP contribution < -0.4 is 11.1 Å². The summed E-state index contributed by atoms with van der Waals surface area (Å²) in [6, 6.07) is 3.90. The van der Waals surface area contributed by atoms with Gasteiger partial charge in [-0.2, -0.15) is 0 Å². The smallest absolute Gasteiger partial charge is 0.271 e. The van der Waals surface area contributed by atoms with Crippen LogP contribution in [0, 0.1) is 16.0 Å². The maximum Gasteiger partial charge on any atom is 0.271 e. The molecular weight excluding hydrogens is 258 g/mol. The summed E-state index contributed by atoms with van der Waals surface area (Å²) in [6.45, 7) is 2.17. The van der Waals surface area contributed by atoms with Gasteiger partial charge in [-0.15, -0.1) is 0 Å². The van der Waals surface area contributed by atoms with Crippen LogP contribution >= 0.6 is 11.6 Å². The summed E-state index contributed by atoms with van der Waals surface area (Å²) in [7, 11) is 0. The first kappa shape index (κ1) is 14.4. The molecule has 0 aliphatic rings. The van der Waals surface area contributed by atoms with E-state index in [1.165, 1.54) is 18.2 Å². The van der Waals surface area contributed by atoms with E-state index >= 15 is 0 Å². The molecule has 1 unspecified atom stereocenters. The molecule has 0 aliphatic heterocycles. The van der Waals surface area contributed by atoms with Crippen molar-refractivity contribution in [1.82, 2.24) is 0 Å². The fraction of sp³-hybridized carbons (Fsp3) is 0.364. The normalized spacial score (nSPS) is 11.9. The predicted octanol–water partition coefficient (Wildman–Crippen LogP) is 2.17. The molecular formula is C11H14ClN3O3.